The normalized spacial score (nSPS) is 13.1. The van der Waals surface area contributed by atoms with Crippen LogP contribution in [0.4, 0.5) is 45.3 Å². The minimum absolute atomic E-state index is 0.0551. The number of carbonyl (C=O) groups excluding carboxylic acids is 1. The third kappa shape index (κ3) is 16.7. The number of hydrogen-bond donors (Lipinski definition) is 4. The molecular weight excluding hydrogens is 677 g/mol. The highest BCUT2D eigenvalue weighted by Gasteiger charge is 2.39. The number of aromatic nitrogens is 2. The van der Waals surface area contributed by atoms with Crippen LogP contribution >= 0.6 is 0 Å². The minimum Gasteiger partial charge on any atom is -0.475 e. The number of fused-ring (bicyclic) bond motifs is 1. The molecule has 21 heteroatoms. The van der Waals surface area contributed by atoms with Crippen molar-refractivity contribution < 1.29 is 74.0 Å². The Morgan fingerprint density at radius 2 is 1.33 bits per heavy atom. The van der Waals surface area contributed by atoms with E-state index >= 15 is 0 Å². The molecule has 12 nitrogen and oxygen atoms in total. The summed E-state index contributed by atoms with van der Waals surface area (Å²) < 4.78 is 95.2. The van der Waals surface area contributed by atoms with Crippen molar-refractivity contribution in [1.82, 2.24) is 20.2 Å². The Labute approximate surface area is 267 Å². The van der Waals surface area contributed by atoms with Crippen molar-refractivity contribution >= 4 is 29.6 Å². The molecule has 0 aromatic carbocycles. The molecule has 0 atom stereocenters. The van der Waals surface area contributed by atoms with Crippen LogP contribution in [0.2, 0.25) is 0 Å². The van der Waals surface area contributed by atoms with E-state index in [2.05, 4.69) is 21.3 Å². The van der Waals surface area contributed by atoms with Crippen LogP contribution in [0.5, 0.6) is 0 Å². The summed E-state index contributed by atoms with van der Waals surface area (Å²) in [6, 6.07) is 6.23. The average molecular weight is 710 g/mol. The van der Waals surface area contributed by atoms with E-state index in [4.69, 9.17) is 34.7 Å². The maximum Gasteiger partial charge on any atom is 0.490 e. The number of hydrogen-bond acceptors (Lipinski definition) is 8. The first-order chi connectivity index (χ1) is 21.8. The van der Waals surface area contributed by atoms with Gasteiger partial charge in [-0.15, -0.1) is 0 Å². The molecular formula is C27H32F9N5O7. The third-order valence-electron chi connectivity index (χ3n) is 5.48. The van der Waals surface area contributed by atoms with Crippen molar-refractivity contribution in [2.75, 3.05) is 32.1 Å². The molecule has 2 aromatic heterocycles. The van der Waals surface area contributed by atoms with Gasteiger partial charge in [0.25, 0.3) is 5.91 Å². The van der Waals surface area contributed by atoms with Gasteiger partial charge in [-0.1, -0.05) is 6.07 Å². The first-order valence-electron chi connectivity index (χ1n) is 13.3. The number of alkyl halides is 9. The van der Waals surface area contributed by atoms with Crippen LogP contribution in [-0.4, -0.2) is 106 Å². The maximum atomic E-state index is 12.7. The molecule has 3 rings (SSSR count). The molecule has 1 amide bonds. The summed E-state index contributed by atoms with van der Waals surface area (Å²) in [5.41, 5.74) is 4.17. The Morgan fingerprint density at radius 3 is 1.71 bits per heavy atom. The number of nitrogens with one attached hydrogen (secondary N) is 1. The second kappa shape index (κ2) is 18.6. The van der Waals surface area contributed by atoms with E-state index in [0.29, 0.717) is 5.56 Å². The molecule has 0 unspecified atom stereocenters. The van der Waals surface area contributed by atoms with Crippen LogP contribution in [0.3, 0.4) is 0 Å². The maximum absolute atomic E-state index is 12.7. The zero-order valence-corrected chi connectivity index (χ0v) is 25.7. The number of pyridine rings is 2. The van der Waals surface area contributed by atoms with Gasteiger partial charge in [0.2, 0.25) is 0 Å². The Balaban J connectivity index is 0.000000855. The van der Waals surface area contributed by atoms with Crippen molar-refractivity contribution in [2.45, 2.75) is 57.8 Å². The second-order valence-electron chi connectivity index (χ2n) is 10.0. The van der Waals surface area contributed by atoms with Crippen molar-refractivity contribution in [1.29, 1.82) is 0 Å². The molecule has 0 bridgehead atoms. The van der Waals surface area contributed by atoms with Gasteiger partial charge in [-0.05, 0) is 43.5 Å². The molecule has 3 heterocycles. The van der Waals surface area contributed by atoms with E-state index in [1.807, 2.05) is 51.2 Å². The zero-order chi connectivity index (χ0) is 37.6. The van der Waals surface area contributed by atoms with E-state index in [9.17, 15) is 44.3 Å². The van der Waals surface area contributed by atoms with E-state index in [1.54, 1.807) is 6.20 Å². The van der Waals surface area contributed by atoms with Crippen molar-refractivity contribution in [3.8, 4) is 0 Å². The number of halogens is 9. The zero-order valence-electron chi connectivity index (χ0n) is 25.7. The highest BCUT2D eigenvalue weighted by atomic mass is 19.4. The molecule has 4 N–H and O–H groups in total. The highest BCUT2D eigenvalue weighted by Crippen LogP contribution is 2.24. The standard InChI is InChI=1S/C21H29N5O.3C2HF3O2/c1-15(2)23-21(27)18-12-17-7-10-26(14-16-6-5-9-22-13-16)11-8-19(17)24-20(18)25(3)4;3*3-2(4,5)1(6)7/h5-6,9,12-13,15H,7-8,10-11,14H2,1-4H3,(H,23,27);3*(H,6,7). The van der Waals surface area contributed by atoms with Crippen LogP contribution in [-0.2, 0) is 33.8 Å². The summed E-state index contributed by atoms with van der Waals surface area (Å²) in [4.78, 5) is 52.8. The number of anilines is 1. The Morgan fingerprint density at radius 1 is 0.875 bits per heavy atom. The highest BCUT2D eigenvalue weighted by molar-refractivity contribution is 5.99. The lowest BCUT2D eigenvalue weighted by Crippen LogP contribution is -2.32. The number of aliphatic carboxylic acids is 3. The van der Waals surface area contributed by atoms with Gasteiger partial charge in [0.1, 0.15) is 5.82 Å². The smallest absolute Gasteiger partial charge is 0.475 e. The van der Waals surface area contributed by atoms with Gasteiger partial charge in [0.15, 0.2) is 0 Å². The van der Waals surface area contributed by atoms with Gasteiger partial charge in [-0.2, -0.15) is 39.5 Å². The summed E-state index contributed by atoms with van der Waals surface area (Å²) in [7, 11) is 3.87. The summed E-state index contributed by atoms with van der Waals surface area (Å²) in [5.74, 6) is -7.58. The second-order valence-corrected chi connectivity index (χ2v) is 10.0. The molecule has 270 valence electrons. The van der Waals surface area contributed by atoms with Gasteiger partial charge < -0.3 is 25.5 Å². The van der Waals surface area contributed by atoms with Gasteiger partial charge in [-0.3, -0.25) is 14.7 Å². The largest absolute Gasteiger partial charge is 0.490 e. The molecule has 1 aliphatic rings. The minimum atomic E-state index is -5.08. The van der Waals surface area contributed by atoms with E-state index in [1.165, 1.54) is 11.1 Å². The Hall–Kier alpha value is -4.69. The summed E-state index contributed by atoms with van der Waals surface area (Å²) in [6.07, 6.45) is -9.73. The van der Waals surface area contributed by atoms with Crippen molar-refractivity contribution in [2.24, 2.45) is 0 Å². The Bertz CT molecular complexity index is 1310. The fraction of sp³-hybridized carbons (Fsp3) is 0.481. The molecule has 0 spiro atoms. The van der Waals surface area contributed by atoms with E-state index < -0.39 is 36.4 Å². The summed E-state index contributed by atoms with van der Waals surface area (Å²) >= 11 is 0. The fourth-order valence-corrected chi connectivity index (χ4v) is 3.43. The summed E-state index contributed by atoms with van der Waals surface area (Å²) in [6.45, 7) is 6.75. The SMILES string of the molecule is CC(C)NC(=O)c1cc2c(nc1N(C)C)CCN(Cc1cccnc1)CC2.O=C(O)C(F)(F)F.O=C(O)C(F)(F)F.O=C(O)C(F)(F)F. The molecule has 0 aliphatic carbocycles. The number of carboxylic acid groups (broad SMARTS) is 3. The molecule has 0 saturated heterocycles. The quantitative estimate of drug-likeness (QED) is 0.328. The fourth-order valence-electron chi connectivity index (χ4n) is 3.43. The molecule has 0 saturated carbocycles. The van der Waals surface area contributed by atoms with Crippen LogP contribution in [0.15, 0.2) is 30.6 Å². The van der Waals surface area contributed by atoms with Gasteiger partial charge in [0.05, 0.1) is 5.56 Å². The number of nitrogens with zero attached hydrogens (tertiary/aromatic N) is 4. The molecule has 2 aromatic rings. The topological polar surface area (TPSA) is 173 Å². The molecule has 1 aliphatic heterocycles. The lowest BCUT2D eigenvalue weighted by molar-refractivity contribution is -0.193. The van der Waals surface area contributed by atoms with E-state index in [-0.39, 0.29) is 11.9 Å². The van der Waals surface area contributed by atoms with Gasteiger partial charge >= 0.3 is 36.4 Å². The van der Waals surface area contributed by atoms with Gasteiger partial charge in [-0.25, -0.2) is 19.4 Å². The van der Waals surface area contributed by atoms with Crippen LogP contribution in [0.25, 0.3) is 0 Å². The number of amides is 1. The molecule has 48 heavy (non-hydrogen) atoms. The third-order valence-corrected chi connectivity index (χ3v) is 5.48. The first-order valence-corrected chi connectivity index (χ1v) is 13.3. The van der Waals surface area contributed by atoms with Crippen molar-refractivity contribution in [3.63, 3.8) is 0 Å². The lowest BCUT2D eigenvalue weighted by Gasteiger charge is -2.19. The molecule has 0 fully saturated rings. The lowest BCUT2D eigenvalue weighted by atomic mass is 10.0. The Kier molecular flexibility index (Phi) is 16.8. The van der Waals surface area contributed by atoms with Crippen LogP contribution in [0.1, 0.15) is 41.0 Å². The number of carbonyl (C=O) groups is 4. The number of rotatable bonds is 5. The van der Waals surface area contributed by atoms with Gasteiger partial charge in [0, 0.05) is 64.3 Å². The molecule has 0 radical (unpaired) electrons. The summed E-state index contributed by atoms with van der Waals surface area (Å²) in [5, 5.41) is 24.4. The predicted molar refractivity (Wildman–Crippen MR) is 149 cm³/mol. The van der Waals surface area contributed by atoms with E-state index in [0.717, 1.165) is 44.0 Å². The first kappa shape index (κ1) is 43.3. The monoisotopic (exact) mass is 709 g/mol. The van der Waals surface area contributed by atoms with Crippen LogP contribution < -0.4 is 10.2 Å². The predicted octanol–water partition coefficient (Wildman–Crippen LogP) is 4.18. The average Bonchev–Trinajstić information content (AvgIpc) is 3.13. The van der Waals surface area contributed by atoms with Crippen molar-refractivity contribution in [3.05, 3.63) is 53.0 Å². The number of carboxylic acids is 3. The van der Waals surface area contributed by atoms with Crippen LogP contribution in [0, 0.1) is 0 Å².